The Bertz CT molecular complexity index is 249. The van der Waals surface area contributed by atoms with Crippen LogP contribution in [0.3, 0.4) is 0 Å². The third-order valence-corrected chi connectivity index (χ3v) is 2.65. The van der Waals surface area contributed by atoms with Gasteiger partial charge in [0, 0.05) is 18.2 Å². The van der Waals surface area contributed by atoms with E-state index in [1.807, 2.05) is 13.8 Å². The highest BCUT2D eigenvalue weighted by atomic mass is 32.2. The first-order valence-corrected chi connectivity index (χ1v) is 5.52. The van der Waals surface area contributed by atoms with Gasteiger partial charge in [0.25, 0.3) is 0 Å². The molecule has 0 spiro atoms. The molecule has 0 bridgehead atoms. The largest absolute Gasteiger partial charge is 0.338 e. The van der Waals surface area contributed by atoms with Crippen molar-refractivity contribution in [2.75, 3.05) is 5.75 Å². The van der Waals surface area contributed by atoms with Crippen LogP contribution in [-0.2, 0) is 12.2 Å². The summed E-state index contributed by atoms with van der Waals surface area (Å²) < 4.78 is 5.01. The van der Waals surface area contributed by atoms with Crippen LogP contribution in [0.5, 0.6) is 0 Å². The minimum Gasteiger partial charge on any atom is -0.338 e. The molecule has 1 rings (SSSR count). The fraction of sp³-hybridized carbons (Fsp3) is 0.750. The molecule has 0 fully saturated rings. The van der Waals surface area contributed by atoms with Crippen LogP contribution in [0.4, 0.5) is 0 Å². The summed E-state index contributed by atoms with van der Waals surface area (Å²) in [5.74, 6) is 3.15. The monoisotopic (exact) mass is 201 g/mol. The zero-order valence-electron chi connectivity index (χ0n) is 7.99. The number of nitrogens with two attached hydrogens (primary N) is 1. The number of aromatic nitrogens is 2. The number of rotatable bonds is 5. The summed E-state index contributed by atoms with van der Waals surface area (Å²) in [6.45, 7) is 3.99. The lowest BCUT2D eigenvalue weighted by molar-refractivity contribution is 0.385. The fourth-order valence-electron chi connectivity index (χ4n) is 0.825. The molecule has 74 valence electrons. The Kier molecular flexibility index (Phi) is 4.24. The van der Waals surface area contributed by atoms with Gasteiger partial charge in [-0.15, -0.1) is 0 Å². The molecule has 0 aromatic carbocycles. The minimum atomic E-state index is 0.221. The highest BCUT2D eigenvalue weighted by Gasteiger charge is 2.04. The lowest BCUT2D eigenvalue weighted by Crippen LogP contribution is -2.17. The molecular formula is C8H15N3OS. The van der Waals surface area contributed by atoms with Crippen LogP contribution < -0.4 is 5.73 Å². The quantitative estimate of drug-likeness (QED) is 0.775. The molecule has 1 aromatic rings. The predicted molar refractivity (Wildman–Crippen MR) is 53.5 cm³/mol. The van der Waals surface area contributed by atoms with Crippen LogP contribution >= 0.6 is 11.8 Å². The van der Waals surface area contributed by atoms with Crippen molar-refractivity contribution in [2.24, 2.45) is 5.73 Å². The Morgan fingerprint density at radius 2 is 2.38 bits per heavy atom. The van der Waals surface area contributed by atoms with Crippen molar-refractivity contribution in [2.45, 2.75) is 32.1 Å². The fourth-order valence-corrected chi connectivity index (χ4v) is 1.61. The summed E-state index contributed by atoms with van der Waals surface area (Å²) in [6.07, 6.45) is 0.821. The van der Waals surface area contributed by atoms with Crippen molar-refractivity contribution >= 4 is 11.8 Å². The second-order valence-corrected chi connectivity index (χ2v) is 3.98. The average molecular weight is 201 g/mol. The van der Waals surface area contributed by atoms with E-state index in [4.69, 9.17) is 10.3 Å². The van der Waals surface area contributed by atoms with Gasteiger partial charge in [-0.3, -0.25) is 0 Å². The van der Waals surface area contributed by atoms with Crippen LogP contribution in [0.15, 0.2) is 4.52 Å². The van der Waals surface area contributed by atoms with Gasteiger partial charge in [0.2, 0.25) is 5.89 Å². The molecule has 5 heteroatoms. The van der Waals surface area contributed by atoms with Crippen LogP contribution in [0, 0.1) is 0 Å². The van der Waals surface area contributed by atoms with Gasteiger partial charge in [-0.05, 0) is 6.92 Å². The van der Waals surface area contributed by atoms with E-state index in [9.17, 15) is 0 Å². The van der Waals surface area contributed by atoms with Crippen molar-refractivity contribution in [1.82, 2.24) is 10.1 Å². The van der Waals surface area contributed by atoms with Crippen LogP contribution in [0.25, 0.3) is 0 Å². The number of hydrogen-bond donors (Lipinski definition) is 1. The lowest BCUT2D eigenvalue weighted by Gasteiger charge is -2.00. The molecule has 0 aliphatic heterocycles. The van der Waals surface area contributed by atoms with Crippen molar-refractivity contribution in [3.05, 3.63) is 11.7 Å². The summed E-state index contributed by atoms with van der Waals surface area (Å²) in [7, 11) is 0. The van der Waals surface area contributed by atoms with Crippen LogP contribution in [0.2, 0.25) is 0 Å². The summed E-state index contributed by atoms with van der Waals surface area (Å²) in [4.78, 5) is 4.19. The maximum Gasteiger partial charge on any atom is 0.236 e. The van der Waals surface area contributed by atoms with Gasteiger partial charge in [-0.2, -0.15) is 16.7 Å². The van der Waals surface area contributed by atoms with Crippen LogP contribution in [-0.4, -0.2) is 21.9 Å². The molecule has 0 saturated heterocycles. The Hall–Kier alpha value is -0.550. The number of nitrogens with zero attached hydrogens (tertiary/aromatic N) is 2. The SMILES string of the molecule is CCc1noc(CSCC(C)N)n1. The number of thioether (sulfide) groups is 1. The smallest absolute Gasteiger partial charge is 0.236 e. The zero-order valence-corrected chi connectivity index (χ0v) is 8.80. The molecule has 0 aliphatic carbocycles. The van der Waals surface area contributed by atoms with Gasteiger partial charge in [0.1, 0.15) is 0 Å². The summed E-state index contributed by atoms with van der Waals surface area (Å²) >= 11 is 1.72. The molecule has 1 heterocycles. The highest BCUT2D eigenvalue weighted by Crippen LogP contribution is 2.10. The van der Waals surface area contributed by atoms with E-state index in [0.717, 1.165) is 23.8 Å². The van der Waals surface area contributed by atoms with Crippen LogP contribution in [0.1, 0.15) is 25.6 Å². The molecule has 1 atom stereocenters. The van der Waals surface area contributed by atoms with Gasteiger partial charge in [0.05, 0.1) is 5.75 Å². The van der Waals surface area contributed by atoms with Gasteiger partial charge in [0.15, 0.2) is 5.82 Å². The topological polar surface area (TPSA) is 64.9 Å². The van der Waals surface area contributed by atoms with Crippen molar-refractivity contribution in [3.8, 4) is 0 Å². The first kappa shape index (κ1) is 10.5. The molecule has 13 heavy (non-hydrogen) atoms. The Morgan fingerprint density at radius 3 is 2.92 bits per heavy atom. The normalized spacial score (nSPS) is 13.2. The third kappa shape index (κ3) is 3.78. The molecule has 2 N–H and O–H groups in total. The molecule has 0 saturated carbocycles. The molecule has 0 aliphatic rings. The Morgan fingerprint density at radius 1 is 1.62 bits per heavy atom. The van der Waals surface area contributed by atoms with E-state index in [2.05, 4.69) is 10.1 Å². The van der Waals surface area contributed by atoms with E-state index in [1.54, 1.807) is 11.8 Å². The van der Waals surface area contributed by atoms with E-state index in [0.29, 0.717) is 5.89 Å². The summed E-state index contributed by atoms with van der Waals surface area (Å²) in [6, 6.07) is 0.221. The van der Waals surface area contributed by atoms with E-state index < -0.39 is 0 Å². The van der Waals surface area contributed by atoms with Crippen molar-refractivity contribution in [1.29, 1.82) is 0 Å². The summed E-state index contributed by atoms with van der Waals surface area (Å²) in [5.41, 5.74) is 5.60. The van der Waals surface area contributed by atoms with Crippen molar-refractivity contribution < 1.29 is 4.52 Å². The second-order valence-electron chi connectivity index (χ2n) is 2.95. The lowest BCUT2D eigenvalue weighted by atomic mass is 10.4. The predicted octanol–water partition coefficient (Wildman–Crippen LogP) is 1.21. The minimum absolute atomic E-state index is 0.221. The Labute approximate surface area is 82.3 Å². The van der Waals surface area contributed by atoms with Gasteiger partial charge in [-0.25, -0.2) is 0 Å². The first-order valence-electron chi connectivity index (χ1n) is 4.37. The van der Waals surface area contributed by atoms with Crippen molar-refractivity contribution in [3.63, 3.8) is 0 Å². The third-order valence-electron chi connectivity index (χ3n) is 1.43. The van der Waals surface area contributed by atoms with Gasteiger partial charge in [-0.1, -0.05) is 12.1 Å². The molecule has 1 aromatic heterocycles. The van der Waals surface area contributed by atoms with E-state index in [1.165, 1.54) is 0 Å². The van der Waals surface area contributed by atoms with E-state index in [-0.39, 0.29) is 6.04 Å². The first-order chi connectivity index (χ1) is 6.22. The maximum absolute atomic E-state index is 5.60. The van der Waals surface area contributed by atoms with Gasteiger partial charge < -0.3 is 10.3 Å². The molecule has 0 amide bonds. The van der Waals surface area contributed by atoms with Gasteiger partial charge >= 0.3 is 0 Å². The standard InChI is InChI=1S/C8H15N3OS/c1-3-7-10-8(12-11-7)5-13-4-6(2)9/h6H,3-5,9H2,1-2H3. The second kappa shape index (κ2) is 5.24. The highest BCUT2D eigenvalue weighted by molar-refractivity contribution is 7.98. The zero-order chi connectivity index (χ0) is 9.68. The maximum atomic E-state index is 5.60. The summed E-state index contributed by atoms with van der Waals surface area (Å²) in [5, 5.41) is 3.80. The average Bonchev–Trinajstić information content (AvgIpc) is 2.52. The molecule has 4 nitrogen and oxygen atoms in total. The number of hydrogen-bond acceptors (Lipinski definition) is 5. The molecule has 1 unspecified atom stereocenters. The Balaban J connectivity index is 2.28. The molecule has 0 radical (unpaired) electrons. The molecular weight excluding hydrogens is 186 g/mol. The van der Waals surface area contributed by atoms with E-state index >= 15 is 0 Å². The number of aryl methyl sites for hydroxylation is 1.